The van der Waals surface area contributed by atoms with Crippen molar-refractivity contribution in [1.29, 1.82) is 0 Å². The molecule has 0 radical (unpaired) electrons. The second-order valence-electron chi connectivity index (χ2n) is 6.90. The number of imide groups is 2. The van der Waals surface area contributed by atoms with Crippen LogP contribution in [0.2, 0.25) is 10.0 Å². The molecule has 1 aromatic rings. The molecule has 0 saturated heterocycles. The van der Waals surface area contributed by atoms with Crippen molar-refractivity contribution in [2.45, 2.75) is 38.6 Å². The average molecular weight is 412 g/mol. The Bertz CT molecular complexity index is 786. The fraction of sp³-hybridized carbons (Fsp3) is 0.444. The molecule has 2 atom stereocenters. The zero-order chi connectivity index (χ0) is 19.7. The van der Waals surface area contributed by atoms with Crippen LogP contribution in [0.4, 0.5) is 4.79 Å². The summed E-state index contributed by atoms with van der Waals surface area (Å²) in [6.45, 7) is 1.50. The predicted molar refractivity (Wildman–Crippen MR) is 99.9 cm³/mol. The van der Waals surface area contributed by atoms with E-state index in [2.05, 4.69) is 17.6 Å². The van der Waals surface area contributed by atoms with E-state index in [1.54, 1.807) is 0 Å². The Morgan fingerprint density at radius 2 is 1.63 bits per heavy atom. The Labute approximate surface area is 166 Å². The SMILES string of the molecule is C[C@@H]1CCCC[C@@H]1NC(=O)NC(=O)CN1C(=O)c2cc(Cl)c(Cl)cc2C1=O. The van der Waals surface area contributed by atoms with E-state index in [1.165, 1.54) is 12.1 Å². The number of rotatable bonds is 3. The Morgan fingerprint density at radius 1 is 1.07 bits per heavy atom. The van der Waals surface area contributed by atoms with Gasteiger partial charge in [-0.05, 0) is 30.9 Å². The minimum absolute atomic E-state index is 0.00939. The van der Waals surface area contributed by atoms with Crippen molar-refractivity contribution in [2.75, 3.05) is 6.54 Å². The van der Waals surface area contributed by atoms with Gasteiger partial charge in [0.05, 0.1) is 21.2 Å². The Kier molecular flexibility index (Phi) is 5.72. The molecule has 1 aliphatic carbocycles. The number of nitrogens with zero attached hydrogens (tertiary/aromatic N) is 1. The van der Waals surface area contributed by atoms with E-state index < -0.39 is 30.3 Å². The molecule has 1 heterocycles. The molecule has 1 saturated carbocycles. The quantitative estimate of drug-likeness (QED) is 0.747. The third kappa shape index (κ3) is 4.09. The lowest BCUT2D eigenvalue weighted by Gasteiger charge is -2.29. The molecule has 1 fully saturated rings. The van der Waals surface area contributed by atoms with E-state index in [4.69, 9.17) is 23.2 Å². The summed E-state index contributed by atoms with van der Waals surface area (Å²) in [6, 6.07) is 1.99. The van der Waals surface area contributed by atoms with Gasteiger partial charge in [0.2, 0.25) is 5.91 Å². The maximum Gasteiger partial charge on any atom is 0.321 e. The molecule has 0 spiro atoms. The van der Waals surface area contributed by atoms with Crippen molar-refractivity contribution in [2.24, 2.45) is 5.92 Å². The maximum absolute atomic E-state index is 12.4. The van der Waals surface area contributed by atoms with Gasteiger partial charge in [-0.25, -0.2) is 4.79 Å². The molecular formula is C18H19Cl2N3O4. The summed E-state index contributed by atoms with van der Waals surface area (Å²) >= 11 is 11.8. The average Bonchev–Trinajstić information content (AvgIpc) is 2.82. The topological polar surface area (TPSA) is 95.6 Å². The van der Waals surface area contributed by atoms with Gasteiger partial charge < -0.3 is 5.32 Å². The van der Waals surface area contributed by atoms with E-state index in [9.17, 15) is 19.2 Å². The summed E-state index contributed by atoms with van der Waals surface area (Å²) in [7, 11) is 0. The van der Waals surface area contributed by atoms with Crippen LogP contribution in [0.3, 0.4) is 0 Å². The second kappa shape index (κ2) is 7.86. The van der Waals surface area contributed by atoms with Crippen molar-refractivity contribution < 1.29 is 19.2 Å². The molecule has 0 unspecified atom stereocenters. The Balaban J connectivity index is 1.60. The lowest BCUT2D eigenvalue weighted by atomic mass is 9.86. The molecule has 2 N–H and O–H groups in total. The first-order valence-electron chi connectivity index (χ1n) is 8.73. The molecule has 2 aliphatic rings. The van der Waals surface area contributed by atoms with Crippen LogP contribution in [-0.4, -0.2) is 41.2 Å². The maximum atomic E-state index is 12.4. The van der Waals surface area contributed by atoms with Gasteiger partial charge in [-0.1, -0.05) is 43.0 Å². The lowest BCUT2D eigenvalue weighted by Crippen LogP contribution is -2.50. The van der Waals surface area contributed by atoms with E-state index in [1.807, 2.05) is 0 Å². The Hall–Kier alpha value is -2.12. The smallest absolute Gasteiger partial charge is 0.321 e. The summed E-state index contributed by atoms with van der Waals surface area (Å²) in [5.41, 5.74) is 0.172. The number of nitrogens with one attached hydrogen (secondary N) is 2. The number of benzene rings is 1. The molecule has 0 bridgehead atoms. The van der Waals surface area contributed by atoms with E-state index in [0.717, 1.165) is 30.6 Å². The van der Waals surface area contributed by atoms with Crippen molar-refractivity contribution in [3.05, 3.63) is 33.3 Å². The number of fused-ring (bicyclic) bond motifs is 1. The molecule has 5 amide bonds. The van der Waals surface area contributed by atoms with Gasteiger partial charge in [0.25, 0.3) is 11.8 Å². The highest BCUT2D eigenvalue weighted by atomic mass is 35.5. The standard InChI is InChI=1S/C18H19Cl2N3O4/c1-9-4-2-3-5-14(9)21-18(27)22-15(24)8-23-16(25)10-6-12(19)13(20)7-11(10)17(23)26/h6-7,9,14H,2-5,8H2,1H3,(H2,21,22,24,27)/t9-,14+/m1/s1. The van der Waals surface area contributed by atoms with Crippen LogP contribution in [-0.2, 0) is 4.79 Å². The monoisotopic (exact) mass is 411 g/mol. The van der Waals surface area contributed by atoms with E-state index >= 15 is 0 Å². The van der Waals surface area contributed by atoms with E-state index in [-0.39, 0.29) is 27.2 Å². The van der Waals surface area contributed by atoms with Crippen LogP contribution < -0.4 is 10.6 Å². The van der Waals surface area contributed by atoms with Crippen molar-refractivity contribution in [1.82, 2.24) is 15.5 Å². The van der Waals surface area contributed by atoms with Gasteiger partial charge >= 0.3 is 6.03 Å². The highest BCUT2D eigenvalue weighted by Crippen LogP contribution is 2.31. The molecule has 1 aromatic carbocycles. The third-order valence-corrected chi connectivity index (χ3v) is 5.72. The number of carbonyl (C=O) groups is 4. The second-order valence-corrected chi connectivity index (χ2v) is 7.71. The number of hydrogen-bond donors (Lipinski definition) is 2. The fourth-order valence-electron chi connectivity index (χ4n) is 3.47. The molecule has 27 heavy (non-hydrogen) atoms. The van der Waals surface area contributed by atoms with Crippen LogP contribution in [0.5, 0.6) is 0 Å². The fourth-order valence-corrected chi connectivity index (χ4v) is 3.80. The number of halogens is 2. The van der Waals surface area contributed by atoms with Crippen LogP contribution in [0.15, 0.2) is 12.1 Å². The number of amides is 5. The third-order valence-electron chi connectivity index (χ3n) is 4.99. The van der Waals surface area contributed by atoms with Crippen LogP contribution in [0.1, 0.15) is 53.3 Å². The van der Waals surface area contributed by atoms with Crippen molar-refractivity contribution in [3.8, 4) is 0 Å². The molecule has 9 heteroatoms. The van der Waals surface area contributed by atoms with Gasteiger partial charge in [0, 0.05) is 6.04 Å². The van der Waals surface area contributed by atoms with Gasteiger partial charge in [-0.3, -0.25) is 24.6 Å². The number of hydrogen-bond acceptors (Lipinski definition) is 4. The summed E-state index contributed by atoms with van der Waals surface area (Å²) in [6.07, 6.45) is 4.05. The van der Waals surface area contributed by atoms with Gasteiger partial charge in [-0.2, -0.15) is 0 Å². The first kappa shape index (κ1) is 19.6. The highest BCUT2D eigenvalue weighted by Gasteiger charge is 2.37. The summed E-state index contributed by atoms with van der Waals surface area (Å²) in [4.78, 5) is 49.7. The predicted octanol–water partition coefficient (Wildman–Crippen LogP) is 2.99. The minimum atomic E-state index is -0.748. The molecule has 144 valence electrons. The normalized spacial score (nSPS) is 21.8. The van der Waals surface area contributed by atoms with E-state index in [0.29, 0.717) is 5.92 Å². The van der Waals surface area contributed by atoms with Gasteiger partial charge in [0.15, 0.2) is 0 Å². The molecule has 1 aliphatic heterocycles. The molecule has 7 nitrogen and oxygen atoms in total. The summed E-state index contributed by atoms with van der Waals surface area (Å²) < 4.78 is 0. The molecular weight excluding hydrogens is 393 g/mol. The zero-order valence-electron chi connectivity index (χ0n) is 14.7. The van der Waals surface area contributed by atoms with Crippen LogP contribution in [0.25, 0.3) is 0 Å². The van der Waals surface area contributed by atoms with Gasteiger partial charge in [0.1, 0.15) is 6.54 Å². The van der Waals surface area contributed by atoms with Crippen LogP contribution in [0, 0.1) is 5.92 Å². The number of carbonyl (C=O) groups excluding carboxylic acids is 4. The number of urea groups is 1. The Morgan fingerprint density at radius 3 is 2.19 bits per heavy atom. The van der Waals surface area contributed by atoms with Crippen molar-refractivity contribution >= 4 is 47.0 Å². The zero-order valence-corrected chi connectivity index (χ0v) is 16.2. The largest absolute Gasteiger partial charge is 0.335 e. The first-order valence-corrected chi connectivity index (χ1v) is 9.49. The molecule has 3 rings (SSSR count). The van der Waals surface area contributed by atoms with Crippen molar-refractivity contribution in [3.63, 3.8) is 0 Å². The first-order chi connectivity index (χ1) is 12.8. The van der Waals surface area contributed by atoms with Gasteiger partial charge in [-0.15, -0.1) is 0 Å². The minimum Gasteiger partial charge on any atom is -0.335 e. The lowest BCUT2D eigenvalue weighted by molar-refractivity contribution is -0.120. The van der Waals surface area contributed by atoms with Crippen LogP contribution >= 0.6 is 23.2 Å². The molecule has 0 aromatic heterocycles. The highest BCUT2D eigenvalue weighted by molar-refractivity contribution is 6.43. The summed E-state index contributed by atoms with van der Waals surface area (Å²) in [5.74, 6) is -1.71. The summed E-state index contributed by atoms with van der Waals surface area (Å²) in [5, 5.41) is 5.25.